The Hall–Kier alpha value is -0.0400. The Morgan fingerprint density at radius 2 is 1.46 bits per heavy atom. The van der Waals surface area contributed by atoms with Crippen LogP contribution in [0, 0.1) is 17.8 Å². The third kappa shape index (κ3) is 5.30. The van der Waals surface area contributed by atoms with E-state index in [9.17, 15) is 0 Å². The van der Waals surface area contributed by atoms with Crippen molar-refractivity contribution in [3.05, 3.63) is 0 Å². The Morgan fingerprint density at radius 1 is 1.00 bits per heavy atom. The summed E-state index contributed by atoms with van der Waals surface area (Å²) >= 11 is 0. The van der Waals surface area contributed by atoms with Crippen molar-refractivity contribution in [1.29, 1.82) is 0 Å². The second-order valence-corrected chi connectivity index (χ2v) is 5.63. The van der Waals surface area contributed by atoms with Crippen LogP contribution < -0.4 is 5.73 Å². The van der Waals surface area contributed by atoms with Crippen LogP contribution in [0.25, 0.3) is 0 Å². The van der Waals surface area contributed by atoms with Crippen molar-refractivity contribution < 1.29 is 0 Å². The van der Waals surface area contributed by atoms with Gasteiger partial charge in [0.05, 0.1) is 0 Å². The Labute approximate surface area is 84.1 Å². The van der Waals surface area contributed by atoms with Crippen molar-refractivity contribution >= 4 is 0 Å². The molecule has 2 unspecified atom stereocenters. The molecule has 0 saturated heterocycles. The van der Waals surface area contributed by atoms with Gasteiger partial charge in [-0.1, -0.05) is 34.6 Å². The quantitative estimate of drug-likeness (QED) is 0.697. The van der Waals surface area contributed by atoms with Crippen LogP contribution in [-0.2, 0) is 0 Å². The van der Waals surface area contributed by atoms with E-state index >= 15 is 0 Å². The normalized spacial score (nSPS) is 19.2. The van der Waals surface area contributed by atoms with Crippen LogP contribution in [0.2, 0.25) is 0 Å². The van der Waals surface area contributed by atoms with Gasteiger partial charge in [0.2, 0.25) is 0 Å². The fourth-order valence-corrected chi connectivity index (χ4v) is 2.06. The highest BCUT2D eigenvalue weighted by Crippen LogP contribution is 2.27. The van der Waals surface area contributed by atoms with Crippen molar-refractivity contribution in [2.45, 2.75) is 59.9 Å². The van der Waals surface area contributed by atoms with Gasteiger partial charge in [0.1, 0.15) is 0 Å². The maximum absolute atomic E-state index is 6.31. The standard InChI is InChI=1S/C12H27N/c1-9(2)7-11(5)12(6,13)8-10(3)4/h9-11H,7-8,13H2,1-6H3. The number of hydrogen-bond donors (Lipinski definition) is 1. The minimum absolute atomic E-state index is 0.0123. The van der Waals surface area contributed by atoms with E-state index in [1.807, 2.05) is 0 Å². The summed E-state index contributed by atoms with van der Waals surface area (Å²) in [4.78, 5) is 0. The van der Waals surface area contributed by atoms with Crippen molar-refractivity contribution in [2.75, 3.05) is 0 Å². The number of nitrogens with two attached hydrogens (primary N) is 1. The van der Waals surface area contributed by atoms with Crippen molar-refractivity contribution in [3.63, 3.8) is 0 Å². The van der Waals surface area contributed by atoms with Crippen LogP contribution in [0.1, 0.15) is 54.4 Å². The van der Waals surface area contributed by atoms with Crippen LogP contribution in [0.15, 0.2) is 0 Å². The van der Waals surface area contributed by atoms with Gasteiger partial charge in [0.15, 0.2) is 0 Å². The van der Waals surface area contributed by atoms with Gasteiger partial charge < -0.3 is 5.73 Å². The fourth-order valence-electron chi connectivity index (χ4n) is 2.06. The first-order chi connectivity index (χ1) is 5.75. The first-order valence-corrected chi connectivity index (χ1v) is 5.54. The first kappa shape index (κ1) is 13.0. The highest BCUT2D eigenvalue weighted by atomic mass is 14.7. The topological polar surface area (TPSA) is 26.0 Å². The van der Waals surface area contributed by atoms with Crippen molar-refractivity contribution in [2.24, 2.45) is 23.5 Å². The second kappa shape index (κ2) is 4.99. The summed E-state index contributed by atoms with van der Waals surface area (Å²) in [7, 11) is 0. The fraction of sp³-hybridized carbons (Fsp3) is 1.00. The molecule has 0 aromatic rings. The number of rotatable bonds is 5. The molecule has 80 valence electrons. The van der Waals surface area contributed by atoms with Crippen LogP contribution >= 0.6 is 0 Å². The van der Waals surface area contributed by atoms with Gasteiger partial charge in [-0.05, 0) is 37.5 Å². The van der Waals surface area contributed by atoms with E-state index in [0.29, 0.717) is 11.8 Å². The Kier molecular flexibility index (Phi) is 4.98. The molecular formula is C12H27N. The molecule has 0 fully saturated rings. The molecule has 0 aliphatic carbocycles. The maximum Gasteiger partial charge on any atom is 0.0154 e. The van der Waals surface area contributed by atoms with E-state index in [-0.39, 0.29) is 5.54 Å². The van der Waals surface area contributed by atoms with E-state index in [1.165, 1.54) is 6.42 Å². The first-order valence-electron chi connectivity index (χ1n) is 5.54. The molecule has 0 heterocycles. The summed E-state index contributed by atoms with van der Waals surface area (Å²) in [6.07, 6.45) is 2.36. The molecule has 0 saturated carbocycles. The molecular weight excluding hydrogens is 158 g/mol. The van der Waals surface area contributed by atoms with Gasteiger partial charge in [0.25, 0.3) is 0 Å². The van der Waals surface area contributed by atoms with Gasteiger partial charge in [-0.2, -0.15) is 0 Å². The SMILES string of the molecule is CC(C)CC(C)C(C)(N)CC(C)C. The summed E-state index contributed by atoms with van der Waals surface area (Å²) in [5.74, 6) is 2.07. The van der Waals surface area contributed by atoms with Gasteiger partial charge in [-0.15, -0.1) is 0 Å². The molecule has 0 amide bonds. The van der Waals surface area contributed by atoms with Crippen molar-refractivity contribution in [1.82, 2.24) is 0 Å². The minimum Gasteiger partial charge on any atom is -0.325 e. The van der Waals surface area contributed by atoms with Crippen LogP contribution in [-0.4, -0.2) is 5.54 Å². The zero-order chi connectivity index (χ0) is 10.6. The maximum atomic E-state index is 6.31. The Balaban J connectivity index is 4.10. The average Bonchev–Trinajstić information content (AvgIpc) is 1.81. The Bertz CT molecular complexity index is 136. The van der Waals surface area contributed by atoms with Gasteiger partial charge in [-0.3, -0.25) is 0 Å². The lowest BCUT2D eigenvalue weighted by Crippen LogP contribution is -2.44. The van der Waals surface area contributed by atoms with Gasteiger partial charge in [0, 0.05) is 5.54 Å². The molecule has 0 aliphatic rings. The van der Waals surface area contributed by atoms with Crippen LogP contribution in [0.4, 0.5) is 0 Å². The molecule has 0 aliphatic heterocycles. The molecule has 0 aromatic carbocycles. The lowest BCUT2D eigenvalue weighted by atomic mass is 9.77. The summed E-state index contributed by atoms with van der Waals surface area (Å²) < 4.78 is 0. The monoisotopic (exact) mass is 185 g/mol. The molecule has 1 nitrogen and oxygen atoms in total. The molecule has 0 aromatic heterocycles. The van der Waals surface area contributed by atoms with E-state index < -0.39 is 0 Å². The summed E-state index contributed by atoms with van der Waals surface area (Å²) in [6.45, 7) is 13.5. The largest absolute Gasteiger partial charge is 0.325 e. The summed E-state index contributed by atoms with van der Waals surface area (Å²) in [5, 5.41) is 0. The highest BCUT2D eigenvalue weighted by Gasteiger charge is 2.27. The highest BCUT2D eigenvalue weighted by molar-refractivity contribution is 4.85. The molecule has 0 rings (SSSR count). The predicted octanol–water partition coefficient (Wildman–Crippen LogP) is 3.43. The second-order valence-electron chi connectivity index (χ2n) is 5.63. The smallest absolute Gasteiger partial charge is 0.0154 e. The molecule has 0 spiro atoms. The van der Waals surface area contributed by atoms with Crippen LogP contribution in [0.3, 0.4) is 0 Å². The molecule has 1 heteroatoms. The van der Waals surface area contributed by atoms with E-state index in [2.05, 4.69) is 41.5 Å². The Morgan fingerprint density at radius 3 is 1.77 bits per heavy atom. The summed E-state index contributed by atoms with van der Waals surface area (Å²) in [6, 6.07) is 0. The van der Waals surface area contributed by atoms with E-state index in [1.54, 1.807) is 0 Å². The molecule has 2 atom stereocenters. The van der Waals surface area contributed by atoms with Crippen LogP contribution in [0.5, 0.6) is 0 Å². The lowest BCUT2D eigenvalue weighted by Gasteiger charge is -2.34. The average molecular weight is 185 g/mol. The van der Waals surface area contributed by atoms with E-state index in [0.717, 1.165) is 12.3 Å². The molecule has 13 heavy (non-hydrogen) atoms. The van der Waals surface area contributed by atoms with Gasteiger partial charge >= 0.3 is 0 Å². The van der Waals surface area contributed by atoms with Gasteiger partial charge in [-0.25, -0.2) is 0 Å². The third-order valence-electron chi connectivity index (χ3n) is 2.80. The number of hydrogen-bond acceptors (Lipinski definition) is 1. The third-order valence-corrected chi connectivity index (χ3v) is 2.80. The predicted molar refractivity (Wildman–Crippen MR) is 60.7 cm³/mol. The zero-order valence-corrected chi connectivity index (χ0v) is 10.2. The van der Waals surface area contributed by atoms with Crippen molar-refractivity contribution in [3.8, 4) is 0 Å². The van der Waals surface area contributed by atoms with E-state index in [4.69, 9.17) is 5.73 Å². The minimum atomic E-state index is 0.0123. The summed E-state index contributed by atoms with van der Waals surface area (Å²) in [5.41, 5.74) is 6.32. The molecule has 0 radical (unpaired) electrons. The zero-order valence-electron chi connectivity index (χ0n) is 10.2. The molecule has 0 bridgehead atoms. The molecule has 2 N–H and O–H groups in total. The lowest BCUT2D eigenvalue weighted by molar-refractivity contribution is 0.232.